The van der Waals surface area contributed by atoms with Gasteiger partial charge in [-0.2, -0.15) is 0 Å². The number of rotatable bonds is 6. The number of halogens is 1. The third-order valence-electron chi connectivity index (χ3n) is 4.19. The summed E-state index contributed by atoms with van der Waals surface area (Å²) in [6, 6.07) is 13.7. The van der Waals surface area contributed by atoms with Crippen molar-refractivity contribution in [3.63, 3.8) is 0 Å². The largest absolute Gasteiger partial charge is 0.504 e. The SMILES string of the molecule is Cc1nc(Cc2ccc(-c3cccc(F)c3)cc2)nc(C(=O)NCC(=O)O)c1O. The zero-order valence-corrected chi connectivity index (χ0v) is 15.5. The van der Waals surface area contributed by atoms with Crippen LogP contribution in [0.5, 0.6) is 5.75 Å². The molecule has 3 rings (SSSR count). The van der Waals surface area contributed by atoms with E-state index in [9.17, 15) is 19.1 Å². The Hall–Kier alpha value is -3.81. The van der Waals surface area contributed by atoms with Crippen molar-refractivity contribution in [1.29, 1.82) is 0 Å². The van der Waals surface area contributed by atoms with Gasteiger partial charge in [0.25, 0.3) is 5.91 Å². The molecule has 0 bridgehead atoms. The predicted octanol–water partition coefficient (Wildman–Crippen LogP) is 2.70. The van der Waals surface area contributed by atoms with Crippen LogP contribution in [0, 0.1) is 12.7 Å². The topological polar surface area (TPSA) is 112 Å². The van der Waals surface area contributed by atoms with Gasteiger partial charge in [0.2, 0.25) is 0 Å². The van der Waals surface area contributed by atoms with E-state index < -0.39 is 24.2 Å². The number of aromatic nitrogens is 2. The van der Waals surface area contributed by atoms with Crippen LogP contribution in [0.25, 0.3) is 11.1 Å². The highest BCUT2D eigenvalue weighted by Gasteiger charge is 2.18. The molecule has 3 N–H and O–H groups in total. The van der Waals surface area contributed by atoms with Gasteiger partial charge in [-0.15, -0.1) is 0 Å². The zero-order valence-electron chi connectivity index (χ0n) is 15.5. The van der Waals surface area contributed by atoms with Gasteiger partial charge in [0.1, 0.15) is 18.2 Å². The number of nitrogens with zero attached hydrogens (tertiary/aromatic N) is 2. The number of aromatic hydroxyl groups is 1. The highest BCUT2D eigenvalue weighted by molar-refractivity contribution is 5.96. The summed E-state index contributed by atoms with van der Waals surface area (Å²) in [6.45, 7) is 0.944. The maximum absolute atomic E-state index is 13.4. The monoisotopic (exact) mass is 395 g/mol. The predicted molar refractivity (Wildman–Crippen MR) is 103 cm³/mol. The van der Waals surface area contributed by atoms with Crippen LogP contribution in [0.1, 0.15) is 27.6 Å². The summed E-state index contributed by atoms with van der Waals surface area (Å²) in [5, 5.41) is 20.9. The van der Waals surface area contributed by atoms with Gasteiger partial charge in [-0.1, -0.05) is 36.4 Å². The van der Waals surface area contributed by atoms with Crippen molar-refractivity contribution < 1.29 is 24.2 Å². The Morgan fingerprint density at radius 3 is 2.45 bits per heavy atom. The van der Waals surface area contributed by atoms with Gasteiger partial charge >= 0.3 is 5.97 Å². The molecule has 148 valence electrons. The maximum atomic E-state index is 13.4. The van der Waals surface area contributed by atoms with Gasteiger partial charge in [-0.05, 0) is 35.7 Å². The van der Waals surface area contributed by atoms with Crippen LogP contribution in [-0.2, 0) is 11.2 Å². The molecule has 0 aliphatic carbocycles. The lowest BCUT2D eigenvalue weighted by atomic mass is 10.0. The van der Waals surface area contributed by atoms with Crippen molar-refractivity contribution in [2.24, 2.45) is 0 Å². The second kappa shape index (κ2) is 8.47. The average molecular weight is 395 g/mol. The number of carbonyl (C=O) groups is 2. The van der Waals surface area contributed by atoms with Crippen LogP contribution >= 0.6 is 0 Å². The first kappa shape index (κ1) is 19.9. The molecular weight excluding hydrogens is 377 g/mol. The van der Waals surface area contributed by atoms with E-state index in [-0.39, 0.29) is 17.2 Å². The summed E-state index contributed by atoms with van der Waals surface area (Å²) < 4.78 is 13.4. The Morgan fingerprint density at radius 1 is 1.07 bits per heavy atom. The lowest BCUT2D eigenvalue weighted by Crippen LogP contribution is -2.30. The number of amides is 1. The smallest absolute Gasteiger partial charge is 0.322 e. The first-order valence-electron chi connectivity index (χ1n) is 8.75. The fourth-order valence-corrected chi connectivity index (χ4v) is 2.77. The van der Waals surface area contributed by atoms with Gasteiger partial charge < -0.3 is 15.5 Å². The quantitative estimate of drug-likeness (QED) is 0.592. The highest BCUT2D eigenvalue weighted by Crippen LogP contribution is 2.23. The van der Waals surface area contributed by atoms with Crippen molar-refractivity contribution in [1.82, 2.24) is 15.3 Å². The van der Waals surface area contributed by atoms with Crippen LogP contribution in [0.15, 0.2) is 48.5 Å². The summed E-state index contributed by atoms with van der Waals surface area (Å²) in [7, 11) is 0. The van der Waals surface area contributed by atoms with E-state index in [1.165, 1.54) is 19.1 Å². The third-order valence-corrected chi connectivity index (χ3v) is 4.19. The minimum Gasteiger partial charge on any atom is -0.504 e. The summed E-state index contributed by atoms with van der Waals surface area (Å²) in [5.74, 6) is -2.40. The first-order chi connectivity index (χ1) is 13.8. The van der Waals surface area contributed by atoms with Crippen LogP contribution in [0.2, 0.25) is 0 Å². The van der Waals surface area contributed by atoms with E-state index in [1.54, 1.807) is 6.07 Å². The molecule has 2 aromatic carbocycles. The molecule has 0 aliphatic rings. The van der Waals surface area contributed by atoms with Crippen LogP contribution in [-0.4, -0.2) is 38.6 Å². The van der Waals surface area contributed by atoms with Gasteiger partial charge in [0.05, 0.1) is 5.69 Å². The third kappa shape index (κ3) is 4.92. The molecule has 7 nitrogen and oxygen atoms in total. The van der Waals surface area contributed by atoms with E-state index in [1.807, 2.05) is 30.3 Å². The highest BCUT2D eigenvalue weighted by atomic mass is 19.1. The number of hydrogen-bond acceptors (Lipinski definition) is 5. The zero-order chi connectivity index (χ0) is 21.0. The first-order valence-corrected chi connectivity index (χ1v) is 8.75. The molecule has 0 spiro atoms. The van der Waals surface area contributed by atoms with Crippen molar-refractivity contribution >= 4 is 11.9 Å². The Labute approximate surface area is 165 Å². The van der Waals surface area contributed by atoms with Gasteiger partial charge in [0, 0.05) is 6.42 Å². The molecule has 0 unspecified atom stereocenters. The molecule has 1 aromatic heterocycles. The Balaban J connectivity index is 1.81. The van der Waals surface area contributed by atoms with Crippen molar-refractivity contribution in [2.45, 2.75) is 13.3 Å². The van der Waals surface area contributed by atoms with Crippen molar-refractivity contribution in [2.75, 3.05) is 6.54 Å². The van der Waals surface area contributed by atoms with E-state index in [4.69, 9.17) is 5.11 Å². The molecule has 29 heavy (non-hydrogen) atoms. The Morgan fingerprint density at radius 2 is 1.79 bits per heavy atom. The van der Waals surface area contributed by atoms with Crippen LogP contribution in [0.4, 0.5) is 4.39 Å². The van der Waals surface area contributed by atoms with E-state index in [0.717, 1.165) is 16.7 Å². The summed E-state index contributed by atoms with van der Waals surface area (Å²) in [6.07, 6.45) is 0.295. The molecule has 1 heterocycles. The molecule has 3 aromatic rings. The summed E-state index contributed by atoms with van der Waals surface area (Å²) in [5.41, 5.74) is 2.40. The van der Waals surface area contributed by atoms with Gasteiger partial charge in [0.15, 0.2) is 11.4 Å². The second-order valence-electron chi connectivity index (χ2n) is 6.38. The number of carboxylic acids is 1. The van der Waals surface area contributed by atoms with Crippen LogP contribution < -0.4 is 5.32 Å². The van der Waals surface area contributed by atoms with E-state index in [2.05, 4.69) is 15.3 Å². The fraction of sp³-hybridized carbons (Fsp3) is 0.143. The minimum absolute atomic E-state index is 0.215. The Bertz CT molecular complexity index is 1070. The lowest BCUT2D eigenvalue weighted by Gasteiger charge is -2.09. The number of aliphatic carboxylic acids is 1. The molecule has 8 heteroatoms. The van der Waals surface area contributed by atoms with Gasteiger partial charge in [-0.3, -0.25) is 9.59 Å². The van der Waals surface area contributed by atoms with Crippen molar-refractivity contribution in [3.8, 4) is 16.9 Å². The lowest BCUT2D eigenvalue weighted by molar-refractivity contribution is -0.135. The molecule has 0 aliphatic heterocycles. The number of benzene rings is 2. The minimum atomic E-state index is -1.21. The molecule has 0 saturated heterocycles. The fourth-order valence-electron chi connectivity index (χ4n) is 2.77. The average Bonchev–Trinajstić information content (AvgIpc) is 2.69. The second-order valence-corrected chi connectivity index (χ2v) is 6.38. The summed E-state index contributed by atoms with van der Waals surface area (Å²) >= 11 is 0. The summed E-state index contributed by atoms with van der Waals surface area (Å²) in [4.78, 5) is 31.0. The molecule has 0 saturated carbocycles. The molecule has 0 atom stereocenters. The maximum Gasteiger partial charge on any atom is 0.322 e. The molecule has 1 amide bonds. The van der Waals surface area contributed by atoms with Crippen molar-refractivity contribution in [3.05, 3.63) is 77.1 Å². The molecule has 0 fully saturated rings. The van der Waals surface area contributed by atoms with Crippen LogP contribution in [0.3, 0.4) is 0 Å². The Kier molecular flexibility index (Phi) is 5.82. The molecular formula is C21H18FN3O4. The standard InChI is InChI=1S/C21H18FN3O4/c1-12-20(28)19(21(29)23-11-18(26)27)25-17(24-12)9-13-5-7-14(8-6-13)15-3-2-4-16(22)10-15/h2-8,10,28H,9,11H2,1H3,(H,23,29)(H,26,27). The number of hydrogen-bond donors (Lipinski definition) is 3. The number of carboxylic acid groups (broad SMARTS) is 1. The van der Waals surface area contributed by atoms with Gasteiger partial charge in [-0.25, -0.2) is 14.4 Å². The number of carbonyl (C=O) groups excluding carboxylic acids is 1. The number of nitrogens with one attached hydrogen (secondary N) is 1. The molecule has 0 radical (unpaired) electrons. The van der Waals surface area contributed by atoms with E-state index >= 15 is 0 Å². The number of aryl methyl sites for hydroxylation is 1. The normalized spacial score (nSPS) is 10.6. The van der Waals surface area contributed by atoms with E-state index in [0.29, 0.717) is 12.2 Å².